The number of nitrogens with zero attached hydrogens (tertiary/aromatic N) is 5. The van der Waals surface area contributed by atoms with E-state index in [2.05, 4.69) is 31.8 Å². The maximum absolute atomic E-state index is 14.0. The lowest BCUT2D eigenvalue weighted by molar-refractivity contribution is 0.238. The molecule has 2 aliphatic heterocycles. The van der Waals surface area contributed by atoms with Gasteiger partial charge in [-0.2, -0.15) is 0 Å². The van der Waals surface area contributed by atoms with Gasteiger partial charge in [-0.15, -0.1) is 0 Å². The Labute approximate surface area is 192 Å². The zero-order valence-electron chi connectivity index (χ0n) is 18.7. The Kier molecular flexibility index (Phi) is 6.09. The second-order valence-electron chi connectivity index (χ2n) is 8.49. The van der Waals surface area contributed by atoms with Crippen molar-refractivity contribution < 1.29 is 13.5 Å². The van der Waals surface area contributed by atoms with Gasteiger partial charge in [0.25, 0.3) is 0 Å². The number of rotatable bonds is 5. The zero-order chi connectivity index (χ0) is 22.8. The number of hydrogen-bond acceptors (Lipinski definition) is 6. The smallest absolute Gasteiger partial charge is 0.225 e. The van der Waals surface area contributed by atoms with Crippen molar-refractivity contribution >= 4 is 11.6 Å². The van der Waals surface area contributed by atoms with Crippen LogP contribution in [0.2, 0.25) is 0 Å². The van der Waals surface area contributed by atoms with E-state index in [1.54, 1.807) is 19.2 Å². The predicted octanol–water partition coefficient (Wildman–Crippen LogP) is 3.65. The molecule has 1 saturated heterocycles. The van der Waals surface area contributed by atoms with Crippen molar-refractivity contribution in [2.24, 2.45) is 0 Å². The zero-order valence-corrected chi connectivity index (χ0v) is 18.7. The van der Waals surface area contributed by atoms with Gasteiger partial charge in [-0.25, -0.2) is 18.7 Å². The van der Waals surface area contributed by atoms with Gasteiger partial charge >= 0.3 is 0 Å². The second kappa shape index (κ2) is 9.31. The summed E-state index contributed by atoms with van der Waals surface area (Å²) in [4.78, 5) is 16.2. The quantitative estimate of drug-likeness (QED) is 0.590. The van der Waals surface area contributed by atoms with Gasteiger partial charge in [0.15, 0.2) is 11.6 Å². The number of ether oxygens (including phenoxy) is 1. The molecular weight excluding hydrogens is 424 g/mol. The highest BCUT2D eigenvalue weighted by atomic mass is 19.2. The third kappa shape index (κ3) is 4.61. The lowest BCUT2D eigenvalue weighted by Gasteiger charge is -2.36. The fourth-order valence-electron chi connectivity index (χ4n) is 4.52. The molecule has 8 heteroatoms. The molecule has 3 aromatic rings. The molecule has 0 spiro atoms. The summed E-state index contributed by atoms with van der Waals surface area (Å²) in [5.41, 5.74) is 3.68. The van der Waals surface area contributed by atoms with Crippen molar-refractivity contribution in [3.8, 4) is 5.75 Å². The molecule has 2 aromatic carbocycles. The Morgan fingerprint density at radius 2 is 1.70 bits per heavy atom. The summed E-state index contributed by atoms with van der Waals surface area (Å²) >= 11 is 0. The monoisotopic (exact) mass is 451 g/mol. The molecule has 33 heavy (non-hydrogen) atoms. The molecule has 6 nitrogen and oxygen atoms in total. The first-order chi connectivity index (χ1) is 16.1. The molecule has 2 aliphatic rings. The minimum Gasteiger partial charge on any atom is -0.497 e. The number of benzene rings is 2. The lowest BCUT2D eigenvalue weighted by Crippen LogP contribution is -2.47. The van der Waals surface area contributed by atoms with Crippen molar-refractivity contribution in [2.75, 3.05) is 49.6 Å². The predicted molar refractivity (Wildman–Crippen MR) is 124 cm³/mol. The van der Waals surface area contributed by atoms with Gasteiger partial charge in [-0.3, -0.25) is 4.90 Å². The fraction of sp³-hybridized carbons (Fsp3) is 0.360. The summed E-state index contributed by atoms with van der Waals surface area (Å²) in [6.45, 7) is 5.28. The lowest BCUT2D eigenvalue weighted by atomic mass is 10.1. The molecule has 1 fully saturated rings. The molecule has 0 amide bonds. The topological polar surface area (TPSA) is 44.7 Å². The minimum atomic E-state index is -0.801. The molecule has 0 radical (unpaired) electrons. The number of hydrogen-bond donors (Lipinski definition) is 0. The van der Waals surface area contributed by atoms with Gasteiger partial charge in [0.2, 0.25) is 5.95 Å². The fourth-order valence-corrected chi connectivity index (χ4v) is 4.52. The molecule has 0 atom stereocenters. The first-order valence-corrected chi connectivity index (χ1v) is 11.2. The Hall–Kier alpha value is -3.26. The van der Waals surface area contributed by atoms with Gasteiger partial charge in [0.1, 0.15) is 5.75 Å². The van der Waals surface area contributed by atoms with Crippen LogP contribution in [0.25, 0.3) is 0 Å². The molecule has 0 saturated carbocycles. The number of piperazine rings is 1. The van der Waals surface area contributed by atoms with E-state index in [0.29, 0.717) is 18.7 Å². The molecule has 0 aliphatic carbocycles. The van der Waals surface area contributed by atoms with Gasteiger partial charge < -0.3 is 14.5 Å². The van der Waals surface area contributed by atoms with E-state index in [0.717, 1.165) is 68.2 Å². The normalized spacial score (nSPS) is 16.6. The van der Waals surface area contributed by atoms with Crippen LogP contribution in [0, 0.1) is 11.6 Å². The highest BCUT2D eigenvalue weighted by Gasteiger charge is 2.23. The maximum atomic E-state index is 14.0. The summed E-state index contributed by atoms with van der Waals surface area (Å²) < 4.78 is 32.8. The van der Waals surface area contributed by atoms with E-state index in [9.17, 15) is 8.78 Å². The van der Waals surface area contributed by atoms with Crippen LogP contribution in [0.5, 0.6) is 5.75 Å². The van der Waals surface area contributed by atoms with Crippen LogP contribution < -0.4 is 14.5 Å². The molecule has 172 valence electrons. The molecular formula is C25H27F2N5O. The molecule has 3 heterocycles. The number of methoxy groups -OCH3 is 1. The summed E-state index contributed by atoms with van der Waals surface area (Å²) in [7, 11) is 1.67. The Balaban J connectivity index is 1.20. The van der Waals surface area contributed by atoms with Gasteiger partial charge in [0.05, 0.1) is 12.8 Å². The van der Waals surface area contributed by atoms with Crippen molar-refractivity contribution in [3.05, 3.63) is 77.1 Å². The van der Waals surface area contributed by atoms with E-state index in [1.807, 2.05) is 18.3 Å². The van der Waals surface area contributed by atoms with Gasteiger partial charge in [-0.1, -0.05) is 12.1 Å². The van der Waals surface area contributed by atoms with E-state index in [4.69, 9.17) is 9.72 Å². The van der Waals surface area contributed by atoms with E-state index < -0.39 is 11.6 Å². The number of fused-ring (bicyclic) bond motifs is 1. The van der Waals surface area contributed by atoms with Crippen molar-refractivity contribution in [1.29, 1.82) is 0 Å². The number of halogens is 2. The number of aromatic nitrogens is 2. The van der Waals surface area contributed by atoms with Crippen LogP contribution in [-0.4, -0.2) is 54.7 Å². The maximum Gasteiger partial charge on any atom is 0.225 e. The number of anilines is 2. The van der Waals surface area contributed by atoms with Crippen LogP contribution in [0.4, 0.5) is 20.4 Å². The van der Waals surface area contributed by atoms with Crippen LogP contribution in [0.3, 0.4) is 0 Å². The van der Waals surface area contributed by atoms with E-state index >= 15 is 0 Å². The third-order valence-electron chi connectivity index (χ3n) is 6.43. The molecule has 5 rings (SSSR count). The van der Waals surface area contributed by atoms with Crippen LogP contribution in [0.1, 0.15) is 16.8 Å². The Bertz CT molecular complexity index is 1120. The Morgan fingerprint density at radius 3 is 2.45 bits per heavy atom. The highest BCUT2D eigenvalue weighted by Crippen LogP contribution is 2.24. The SMILES string of the molecule is COc1ccc(N2CCN(c3ncc4c(n3)CCN(Cc3cccc(F)c3F)C4)CC2)cc1. The van der Waals surface area contributed by atoms with Crippen molar-refractivity contribution in [1.82, 2.24) is 14.9 Å². The summed E-state index contributed by atoms with van der Waals surface area (Å²) in [6.07, 6.45) is 2.66. The molecule has 0 unspecified atom stereocenters. The average molecular weight is 452 g/mol. The first-order valence-electron chi connectivity index (χ1n) is 11.2. The van der Waals surface area contributed by atoms with E-state index in [1.165, 1.54) is 5.69 Å². The van der Waals surface area contributed by atoms with Gasteiger partial charge in [-0.05, 0) is 30.3 Å². The highest BCUT2D eigenvalue weighted by molar-refractivity contribution is 5.51. The summed E-state index contributed by atoms with van der Waals surface area (Å²) in [5.74, 6) is 0.0703. The van der Waals surface area contributed by atoms with Gasteiger partial charge in [0, 0.05) is 75.2 Å². The second-order valence-corrected chi connectivity index (χ2v) is 8.49. The van der Waals surface area contributed by atoms with E-state index in [-0.39, 0.29) is 0 Å². The van der Waals surface area contributed by atoms with Crippen LogP contribution in [0.15, 0.2) is 48.7 Å². The third-order valence-corrected chi connectivity index (χ3v) is 6.43. The standard InChI is InChI=1S/C25H27F2N5O/c1-33-21-7-5-20(6-8-21)31-11-13-32(14-12-31)25-28-15-19-17-30(10-9-23(19)29-25)16-18-3-2-4-22(26)24(18)27/h2-8,15H,9-14,16-17H2,1H3. The van der Waals surface area contributed by atoms with Crippen molar-refractivity contribution in [2.45, 2.75) is 19.5 Å². The average Bonchev–Trinajstić information content (AvgIpc) is 2.87. The van der Waals surface area contributed by atoms with Crippen LogP contribution >= 0.6 is 0 Å². The van der Waals surface area contributed by atoms with Crippen LogP contribution in [-0.2, 0) is 19.5 Å². The summed E-state index contributed by atoms with van der Waals surface area (Å²) in [5, 5.41) is 0. The Morgan fingerprint density at radius 1 is 0.939 bits per heavy atom. The molecule has 0 bridgehead atoms. The summed E-state index contributed by atoms with van der Waals surface area (Å²) in [6, 6.07) is 12.5. The minimum absolute atomic E-state index is 0.373. The largest absolute Gasteiger partial charge is 0.497 e. The first kappa shape index (κ1) is 21.6. The van der Waals surface area contributed by atoms with Crippen molar-refractivity contribution in [3.63, 3.8) is 0 Å². The molecule has 0 N–H and O–H groups in total. The molecule has 1 aromatic heterocycles.